The molecule has 2 rings (SSSR count). The van der Waals surface area contributed by atoms with Gasteiger partial charge in [0.05, 0.1) is 23.4 Å². The van der Waals surface area contributed by atoms with E-state index in [0.29, 0.717) is 22.7 Å². The van der Waals surface area contributed by atoms with Crippen LogP contribution in [0.3, 0.4) is 0 Å². The van der Waals surface area contributed by atoms with Gasteiger partial charge >= 0.3 is 6.09 Å². The van der Waals surface area contributed by atoms with E-state index in [0.717, 1.165) is 5.56 Å². The first-order chi connectivity index (χ1) is 11.8. The number of carbonyl (C=O) groups is 1. The molecule has 0 bridgehead atoms. The second-order valence-corrected chi connectivity index (χ2v) is 7.18. The van der Waals surface area contributed by atoms with Gasteiger partial charge < -0.3 is 15.2 Å². The van der Waals surface area contributed by atoms with Gasteiger partial charge in [-0.2, -0.15) is 0 Å². The number of aliphatic hydroxyl groups is 1. The first-order valence-electron chi connectivity index (χ1n) is 8.07. The van der Waals surface area contributed by atoms with Crippen molar-refractivity contribution in [3.05, 3.63) is 64.4 Å². The van der Waals surface area contributed by atoms with Crippen LogP contribution in [0.4, 0.5) is 4.79 Å². The summed E-state index contributed by atoms with van der Waals surface area (Å²) in [7, 11) is 0. The molecule has 0 saturated carbocycles. The Hall–Kier alpha value is -2.11. The van der Waals surface area contributed by atoms with E-state index in [1.165, 1.54) is 6.20 Å². The van der Waals surface area contributed by atoms with Crippen LogP contribution in [0.25, 0.3) is 0 Å². The standard InChI is InChI=1S/C19H23ClN2O3/c1-19(2,3)25-18(24)22-16(9-13-7-5-4-6-8-13)17-14(12-23)10-15(20)11-21-17/h4-8,10-11,16,23H,9,12H2,1-3H3,(H,22,24)/t16-/m0/s1. The summed E-state index contributed by atoms with van der Waals surface area (Å²) in [6.45, 7) is 5.19. The van der Waals surface area contributed by atoms with E-state index in [1.807, 2.05) is 30.3 Å². The second kappa shape index (κ2) is 8.32. The van der Waals surface area contributed by atoms with Crippen LogP contribution in [0.15, 0.2) is 42.6 Å². The van der Waals surface area contributed by atoms with Crippen LogP contribution < -0.4 is 5.32 Å². The third kappa shape index (κ3) is 6.03. The molecule has 2 aromatic rings. The zero-order valence-electron chi connectivity index (χ0n) is 14.6. The van der Waals surface area contributed by atoms with Crippen LogP contribution in [0, 0.1) is 0 Å². The largest absolute Gasteiger partial charge is 0.444 e. The van der Waals surface area contributed by atoms with Crippen molar-refractivity contribution in [3.8, 4) is 0 Å². The molecule has 0 fully saturated rings. The number of alkyl carbamates (subject to hydrolysis) is 1. The predicted molar refractivity (Wildman–Crippen MR) is 97.4 cm³/mol. The number of nitrogens with zero attached hydrogens (tertiary/aromatic N) is 1. The fourth-order valence-electron chi connectivity index (χ4n) is 2.45. The summed E-state index contributed by atoms with van der Waals surface area (Å²) in [6.07, 6.45) is 1.49. The number of pyridine rings is 1. The number of hydrogen-bond acceptors (Lipinski definition) is 4. The van der Waals surface area contributed by atoms with Gasteiger partial charge in [-0.1, -0.05) is 41.9 Å². The van der Waals surface area contributed by atoms with Gasteiger partial charge in [0.25, 0.3) is 0 Å². The summed E-state index contributed by atoms with van der Waals surface area (Å²) in [5.74, 6) is 0. The molecule has 1 aromatic heterocycles. The molecular weight excluding hydrogens is 340 g/mol. The van der Waals surface area contributed by atoms with Gasteiger partial charge in [-0.05, 0) is 38.8 Å². The highest BCUT2D eigenvalue weighted by Gasteiger charge is 2.23. The smallest absolute Gasteiger partial charge is 0.408 e. The van der Waals surface area contributed by atoms with E-state index in [4.69, 9.17) is 16.3 Å². The molecular formula is C19H23ClN2O3. The minimum Gasteiger partial charge on any atom is -0.444 e. The third-order valence-corrected chi connectivity index (χ3v) is 3.65. The summed E-state index contributed by atoms with van der Waals surface area (Å²) < 4.78 is 5.36. The highest BCUT2D eigenvalue weighted by molar-refractivity contribution is 6.30. The summed E-state index contributed by atoms with van der Waals surface area (Å²) in [5.41, 5.74) is 1.57. The Morgan fingerprint density at radius 3 is 2.60 bits per heavy atom. The van der Waals surface area contributed by atoms with Gasteiger partial charge in [-0.3, -0.25) is 4.98 Å². The maximum absolute atomic E-state index is 12.2. The number of rotatable bonds is 5. The van der Waals surface area contributed by atoms with Crippen molar-refractivity contribution in [2.24, 2.45) is 0 Å². The molecule has 0 aliphatic rings. The first-order valence-corrected chi connectivity index (χ1v) is 8.45. The molecule has 134 valence electrons. The number of carbonyl (C=O) groups excluding carboxylic acids is 1. The van der Waals surface area contributed by atoms with Gasteiger partial charge in [0.2, 0.25) is 0 Å². The number of halogens is 1. The minimum atomic E-state index is -0.603. The molecule has 0 radical (unpaired) electrons. The van der Waals surface area contributed by atoms with E-state index in [-0.39, 0.29) is 6.61 Å². The van der Waals surface area contributed by atoms with Crippen LogP contribution in [-0.4, -0.2) is 21.8 Å². The molecule has 1 heterocycles. The quantitative estimate of drug-likeness (QED) is 0.842. The van der Waals surface area contributed by atoms with Crippen LogP contribution in [-0.2, 0) is 17.8 Å². The molecule has 0 saturated heterocycles. The molecule has 1 atom stereocenters. The molecule has 1 aromatic carbocycles. The molecule has 1 amide bonds. The van der Waals surface area contributed by atoms with Crippen molar-refractivity contribution in [1.82, 2.24) is 10.3 Å². The zero-order valence-corrected chi connectivity index (χ0v) is 15.4. The highest BCUT2D eigenvalue weighted by Crippen LogP contribution is 2.23. The third-order valence-electron chi connectivity index (χ3n) is 3.44. The van der Waals surface area contributed by atoms with Gasteiger partial charge in [-0.25, -0.2) is 4.79 Å². The van der Waals surface area contributed by atoms with Gasteiger partial charge in [0.1, 0.15) is 5.60 Å². The number of aliphatic hydroxyl groups excluding tert-OH is 1. The van der Waals surface area contributed by atoms with Crippen molar-refractivity contribution in [2.75, 3.05) is 0 Å². The zero-order chi connectivity index (χ0) is 18.4. The average molecular weight is 363 g/mol. The number of nitrogens with one attached hydrogen (secondary N) is 1. The first kappa shape index (κ1) is 19.2. The van der Waals surface area contributed by atoms with Gasteiger partial charge in [-0.15, -0.1) is 0 Å². The summed E-state index contributed by atoms with van der Waals surface area (Å²) in [4.78, 5) is 16.6. The number of amides is 1. The second-order valence-electron chi connectivity index (χ2n) is 6.74. The molecule has 0 spiro atoms. The number of hydrogen-bond donors (Lipinski definition) is 2. The number of benzene rings is 1. The van der Waals surface area contributed by atoms with Crippen molar-refractivity contribution >= 4 is 17.7 Å². The summed E-state index contributed by atoms with van der Waals surface area (Å²) in [5, 5.41) is 12.9. The van der Waals surface area contributed by atoms with Gasteiger partial charge in [0.15, 0.2) is 0 Å². The van der Waals surface area contributed by atoms with Crippen LogP contribution in [0.2, 0.25) is 5.02 Å². The van der Waals surface area contributed by atoms with Crippen molar-refractivity contribution in [3.63, 3.8) is 0 Å². The molecule has 0 unspecified atom stereocenters. The minimum absolute atomic E-state index is 0.218. The molecule has 6 heteroatoms. The van der Waals surface area contributed by atoms with E-state index >= 15 is 0 Å². The van der Waals surface area contributed by atoms with Crippen molar-refractivity contribution < 1.29 is 14.6 Å². The molecule has 2 N–H and O–H groups in total. The molecule has 0 aliphatic carbocycles. The van der Waals surface area contributed by atoms with E-state index < -0.39 is 17.7 Å². The Kier molecular flexibility index (Phi) is 6.39. The Balaban J connectivity index is 2.30. The Labute approximate surface area is 153 Å². The fourth-order valence-corrected chi connectivity index (χ4v) is 2.63. The molecule has 5 nitrogen and oxygen atoms in total. The van der Waals surface area contributed by atoms with Gasteiger partial charge in [0, 0.05) is 11.8 Å². The normalized spacial score (nSPS) is 12.5. The highest BCUT2D eigenvalue weighted by atomic mass is 35.5. The van der Waals surface area contributed by atoms with Crippen molar-refractivity contribution in [1.29, 1.82) is 0 Å². The number of aromatic nitrogens is 1. The van der Waals surface area contributed by atoms with E-state index in [9.17, 15) is 9.90 Å². The molecule has 0 aliphatic heterocycles. The van der Waals surface area contributed by atoms with E-state index in [2.05, 4.69) is 10.3 Å². The van der Waals surface area contributed by atoms with E-state index in [1.54, 1.807) is 26.8 Å². The lowest BCUT2D eigenvalue weighted by molar-refractivity contribution is 0.0501. The van der Waals surface area contributed by atoms with Crippen LogP contribution in [0.5, 0.6) is 0 Å². The number of ether oxygens (including phenoxy) is 1. The predicted octanol–water partition coefficient (Wildman–Crippen LogP) is 4.04. The monoisotopic (exact) mass is 362 g/mol. The van der Waals surface area contributed by atoms with Crippen LogP contribution in [0.1, 0.15) is 43.6 Å². The Morgan fingerprint density at radius 2 is 2.00 bits per heavy atom. The Morgan fingerprint density at radius 1 is 1.32 bits per heavy atom. The topological polar surface area (TPSA) is 71.5 Å². The summed E-state index contributed by atoms with van der Waals surface area (Å²) >= 11 is 5.97. The Bertz CT molecular complexity index is 714. The lowest BCUT2D eigenvalue weighted by Crippen LogP contribution is -2.36. The summed E-state index contributed by atoms with van der Waals surface area (Å²) in [6, 6.07) is 10.9. The average Bonchev–Trinajstić information content (AvgIpc) is 2.53. The van der Waals surface area contributed by atoms with Crippen LogP contribution >= 0.6 is 11.6 Å². The lowest BCUT2D eigenvalue weighted by Gasteiger charge is -2.24. The fraction of sp³-hybridized carbons (Fsp3) is 0.368. The van der Waals surface area contributed by atoms with Crippen molar-refractivity contribution in [2.45, 2.75) is 45.4 Å². The SMILES string of the molecule is CC(C)(C)OC(=O)N[C@@H](Cc1ccccc1)c1ncc(Cl)cc1CO. The maximum Gasteiger partial charge on any atom is 0.408 e. The lowest BCUT2D eigenvalue weighted by atomic mass is 9.99. The molecule has 25 heavy (non-hydrogen) atoms. The maximum atomic E-state index is 12.2.